The van der Waals surface area contributed by atoms with Crippen LogP contribution in [0.4, 0.5) is 0 Å². The maximum Gasteiger partial charge on any atom is 0.122 e. The first kappa shape index (κ1) is 11.4. The van der Waals surface area contributed by atoms with Gasteiger partial charge in [-0.2, -0.15) is 0 Å². The van der Waals surface area contributed by atoms with Gasteiger partial charge in [0.1, 0.15) is 5.75 Å². The highest BCUT2D eigenvalue weighted by molar-refractivity contribution is 5.37. The fraction of sp³-hybridized carbons (Fsp3) is 0.538. The molecular formula is C13H19NO2. The fourth-order valence-corrected chi connectivity index (χ4v) is 2.24. The third-order valence-electron chi connectivity index (χ3n) is 3.10. The molecule has 1 aromatic rings. The van der Waals surface area contributed by atoms with Crippen LogP contribution in [0.3, 0.4) is 0 Å². The number of hydrogen-bond acceptors (Lipinski definition) is 3. The third-order valence-corrected chi connectivity index (χ3v) is 3.10. The number of hydrogen-bond donors (Lipinski definition) is 1. The first-order chi connectivity index (χ1) is 7.81. The molecule has 3 nitrogen and oxygen atoms in total. The number of likely N-dealkylation sites (N-methyl/N-ethyl adjacent to an activating group) is 1. The first-order valence-corrected chi connectivity index (χ1v) is 5.82. The molecule has 3 heteroatoms. The van der Waals surface area contributed by atoms with Gasteiger partial charge in [0.05, 0.1) is 13.2 Å². The van der Waals surface area contributed by atoms with Gasteiger partial charge in [0.25, 0.3) is 0 Å². The Morgan fingerprint density at radius 1 is 1.44 bits per heavy atom. The van der Waals surface area contributed by atoms with E-state index < -0.39 is 0 Å². The summed E-state index contributed by atoms with van der Waals surface area (Å²) in [4.78, 5) is 2.17. The minimum Gasteiger partial charge on any atom is -0.493 e. The number of rotatable bonds is 4. The summed E-state index contributed by atoms with van der Waals surface area (Å²) < 4.78 is 5.63. The lowest BCUT2D eigenvalue weighted by Gasteiger charge is -2.29. The maximum absolute atomic E-state index is 8.90. The van der Waals surface area contributed by atoms with E-state index in [1.165, 1.54) is 5.56 Å². The molecule has 0 aromatic heterocycles. The third kappa shape index (κ3) is 2.54. The van der Waals surface area contributed by atoms with E-state index in [-0.39, 0.29) is 6.61 Å². The minimum absolute atomic E-state index is 0.224. The molecule has 1 aliphatic heterocycles. The van der Waals surface area contributed by atoms with E-state index in [4.69, 9.17) is 9.84 Å². The van der Waals surface area contributed by atoms with Gasteiger partial charge in [-0.1, -0.05) is 18.2 Å². The zero-order valence-corrected chi connectivity index (χ0v) is 9.72. The van der Waals surface area contributed by atoms with Crippen LogP contribution in [0.25, 0.3) is 0 Å². The summed E-state index contributed by atoms with van der Waals surface area (Å²) in [6.07, 6.45) is 1.06. The topological polar surface area (TPSA) is 32.7 Å². The summed E-state index contributed by atoms with van der Waals surface area (Å²) in [6.45, 7) is 2.75. The van der Waals surface area contributed by atoms with E-state index >= 15 is 0 Å². The quantitative estimate of drug-likeness (QED) is 0.836. The molecule has 0 spiro atoms. The molecule has 88 valence electrons. The number of aliphatic hydroxyl groups is 1. The smallest absolute Gasteiger partial charge is 0.122 e. The van der Waals surface area contributed by atoms with Crippen LogP contribution in [0, 0.1) is 0 Å². The molecule has 2 rings (SSSR count). The second kappa shape index (κ2) is 5.32. The largest absolute Gasteiger partial charge is 0.493 e. The molecule has 0 aliphatic carbocycles. The standard InChI is InChI=1S/C13H19NO2/c1-14(7-8-15)10-11-6-9-16-13-5-3-2-4-12(11)13/h2-5,11,15H,6-10H2,1H3. The summed E-state index contributed by atoms with van der Waals surface area (Å²) in [6, 6.07) is 8.25. The Labute approximate surface area is 96.6 Å². The van der Waals surface area contributed by atoms with Crippen molar-refractivity contribution in [3.8, 4) is 5.75 Å². The summed E-state index contributed by atoms with van der Waals surface area (Å²) >= 11 is 0. The van der Waals surface area contributed by atoms with Crippen molar-refractivity contribution < 1.29 is 9.84 Å². The van der Waals surface area contributed by atoms with Gasteiger partial charge < -0.3 is 14.7 Å². The SMILES string of the molecule is CN(CCO)CC1CCOc2ccccc21. The molecule has 1 aliphatic rings. The van der Waals surface area contributed by atoms with Crippen molar-refractivity contribution in [3.63, 3.8) is 0 Å². The molecule has 1 heterocycles. The lowest BCUT2D eigenvalue weighted by atomic mass is 9.93. The number of benzene rings is 1. The van der Waals surface area contributed by atoms with Crippen molar-refractivity contribution in [2.45, 2.75) is 12.3 Å². The maximum atomic E-state index is 8.90. The first-order valence-electron chi connectivity index (χ1n) is 5.82. The molecule has 0 bridgehead atoms. The van der Waals surface area contributed by atoms with Gasteiger partial charge in [-0.3, -0.25) is 0 Å². The van der Waals surface area contributed by atoms with Crippen molar-refractivity contribution in [3.05, 3.63) is 29.8 Å². The van der Waals surface area contributed by atoms with E-state index in [9.17, 15) is 0 Å². The molecule has 0 saturated carbocycles. The summed E-state index contributed by atoms with van der Waals surface area (Å²) in [7, 11) is 2.05. The van der Waals surface area contributed by atoms with E-state index in [0.29, 0.717) is 5.92 Å². The highest BCUT2D eigenvalue weighted by atomic mass is 16.5. The van der Waals surface area contributed by atoms with Crippen LogP contribution in [-0.4, -0.2) is 43.4 Å². The second-order valence-corrected chi connectivity index (χ2v) is 4.36. The lowest BCUT2D eigenvalue weighted by molar-refractivity contribution is 0.195. The molecule has 0 saturated heterocycles. The Morgan fingerprint density at radius 3 is 3.06 bits per heavy atom. The van der Waals surface area contributed by atoms with Crippen molar-refractivity contribution in [1.29, 1.82) is 0 Å². The van der Waals surface area contributed by atoms with Crippen LogP contribution >= 0.6 is 0 Å². The molecule has 16 heavy (non-hydrogen) atoms. The Balaban J connectivity index is 2.07. The Kier molecular flexibility index (Phi) is 3.80. The molecule has 1 N–H and O–H groups in total. The van der Waals surface area contributed by atoms with Crippen molar-refractivity contribution in [2.75, 3.05) is 33.4 Å². The average Bonchev–Trinajstić information content (AvgIpc) is 2.30. The molecule has 1 unspecified atom stereocenters. The van der Waals surface area contributed by atoms with E-state index in [1.807, 2.05) is 19.2 Å². The Hall–Kier alpha value is -1.06. The molecule has 1 atom stereocenters. The predicted octanol–water partition coefficient (Wildman–Crippen LogP) is 1.48. The van der Waals surface area contributed by atoms with Gasteiger partial charge in [-0.05, 0) is 25.1 Å². The van der Waals surface area contributed by atoms with Crippen LogP contribution in [0.2, 0.25) is 0 Å². The van der Waals surface area contributed by atoms with Gasteiger partial charge in [0.2, 0.25) is 0 Å². The number of nitrogens with zero attached hydrogens (tertiary/aromatic N) is 1. The Bertz CT molecular complexity index is 340. The normalized spacial score (nSPS) is 19.3. The monoisotopic (exact) mass is 221 g/mol. The molecule has 0 radical (unpaired) electrons. The van der Waals surface area contributed by atoms with Gasteiger partial charge in [0, 0.05) is 19.0 Å². The summed E-state index contributed by atoms with van der Waals surface area (Å²) in [5.41, 5.74) is 1.30. The predicted molar refractivity (Wildman–Crippen MR) is 63.9 cm³/mol. The minimum atomic E-state index is 0.224. The highest BCUT2D eigenvalue weighted by Crippen LogP contribution is 2.33. The van der Waals surface area contributed by atoms with Crippen molar-refractivity contribution in [1.82, 2.24) is 4.90 Å². The molecule has 0 amide bonds. The van der Waals surface area contributed by atoms with E-state index in [0.717, 1.165) is 31.9 Å². The van der Waals surface area contributed by atoms with E-state index in [2.05, 4.69) is 17.0 Å². The average molecular weight is 221 g/mol. The zero-order valence-electron chi connectivity index (χ0n) is 9.72. The van der Waals surface area contributed by atoms with Crippen LogP contribution in [0.15, 0.2) is 24.3 Å². The van der Waals surface area contributed by atoms with Crippen LogP contribution in [0.5, 0.6) is 5.75 Å². The van der Waals surface area contributed by atoms with Gasteiger partial charge >= 0.3 is 0 Å². The van der Waals surface area contributed by atoms with Crippen molar-refractivity contribution in [2.24, 2.45) is 0 Å². The number of aliphatic hydroxyl groups excluding tert-OH is 1. The van der Waals surface area contributed by atoms with Crippen LogP contribution in [-0.2, 0) is 0 Å². The van der Waals surface area contributed by atoms with Crippen molar-refractivity contribution >= 4 is 0 Å². The summed E-state index contributed by atoms with van der Waals surface area (Å²) in [5.74, 6) is 1.55. The summed E-state index contributed by atoms with van der Waals surface area (Å²) in [5, 5.41) is 8.90. The second-order valence-electron chi connectivity index (χ2n) is 4.36. The number of ether oxygens (including phenoxy) is 1. The molecule has 1 aromatic carbocycles. The van der Waals surface area contributed by atoms with E-state index in [1.54, 1.807) is 0 Å². The zero-order chi connectivity index (χ0) is 11.4. The van der Waals surface area contributed by atoms with Gasteiger partial charge in [-0.25, -0.2) is 0 Å². The number of fused-ring (bicyclic) bond motifs is 1. The lowest BCUT2D eigenvalue weighted by Crippen LogP contribution is -2.29. The molecular weight excluding hydrogens is 202 g/mol. The molecule has 0 fully saturated rings. The fourth-order valence-electron chi connectivity index (χ4n) is 2.24. The van der Waals surface area contributed by atoms with Gasteiger partial charge in [-0.15, -0.1) is 0 Å². The number of para-hydroxylation sites is 1. The van der Waals surface area contributed by atoms with Gasteiger partial charge in [0.15, 0.2) is 0 Å². The van der Waals surface area contributed by atoms with Crippen LogP contribution < -0.4 is 4.74 Å². The van der Waals surface area contributed by atoms with Crippen LogP contribution in [0.1, 0.15) is 17.9 Å². The Morgan fingerprint density at radius 2 is 2.25 bits per heavy atom. The highest BCUT2D eigenvalue weighted by Gasteiger charge is 2.21.